The Morgan fingerprint density at radius 3 is 2.48 bits per heavy atom. The van der Waals surface area contributed by atoms with E-state index in [2.05, 4.69) is 15.0 Å². The number of hydrogen-bond donors (Lipinski definition) is 2. The highest BCUT2D eigenvalue weighted by Gasteiger charge is 2.16. The summed E-state index contributed by atoms with van der Waals surface area (Å²) in [5.41, 5.74) is 2.27. The van der Waals surface area contributed by atoms with Crippen molar-refractivity contribution < 1.29 is 13.2 Å². The van der Waals surface area contributed by atoms with Crippen LogP contribution in [-0.4, -0.2) is 30.1 Å². The first-order valence-corrected chi connectivity index (χ1v) is 11.6. The first kappa shape index (κ1) is 21.1. The lowest BCUT2D eigenvalue weighted by atomic mass is 10.2. The van der Waals surface area contributed by atoms with Gasteiger partial charge >= 0.3 is 0 Å². The number of nitrogens with one attached hydrogen (secondary N) is 2. The lowest BCUT2D eigenvalue weighted by Crippen LogP contribution is -2.23. The summed E-state index contributed by atoms with van der Waals surface area (Å²) in [6.45, 7) is 3.46. The zero-order valence-electron chi connectivity index (χ0n) is 16.3. The number of hydrogen-bond acceptors (Lipinski definition) is 5. The van der Waals surface area contributed by atoms with Crippen molar-refractivity contribution in [1.29, 1.82) is 0 Å². The Kier molecular flexibility index (Phi) is 6.41. The van der Waals surface area contributed by atoms with E-state index < -0.39 is 10.0 Å². The van der Waals surface area contributed by atoms with Gasteiger partial charge in [0, 0.05) is 36.4 Å². The maximum absolute atomic E-state index is 12.7. The fourth-order valence-corrected chi connectivity index (χ4v) is 4.41. The molecule has 3 aromatic rings. The number of carbonyl (C=O) groups excluding carboxylic acids is 1. The van der Waals surface area contributed by atoms with E-state index in [9.17, 15) is 13.2 Å². The smallest absolute Gasteiger partial charge is 0.240 e. The average Bonchev–Trinajstić information content (AvgIpc) is 3.12. The van der Waals surface area contributed by atoms with Crippen LogP contribution in [0.5, 0.6) is 0 Å². The predicted molar refractivity (Wildman–Crippen MR) is 115 cm³/mol. The molecule has 1 heterocycles. The molecule has 0 aliphatic heterocycles. The number of aromatic nitrogens is 2. The number of nitrogens with zero attached hydrogens (tertiary/aromatic N) is 2. The van der Waals surface area contributed by atoms with Gasteiger partial charge in [-0.25, -0.2) is 18.1 Å². The SMILES string of the molecule is CSc1ccc(S(=O)(=O)NCc2ccc(-n3ccnc3C)cc2)cc1NC(C)=O. The van der Waals surface area contributed by atoms with Crippen molar-refractivity contribution in [1.82, 2.24) is 14.3 Å². The van der Waals surface area contributed by atoms with Crippen LogP contribution in [-0.2, 0) is 21.4 Å². The monoisotopic (exact) mass is 430 g/mol. The summed E-state index contributed by atoms with van der Waals surface area (Å²) in [6, 6.07) is 12.3. The highest BCUT2D eigenvalue weighted by molar-refractivity contribution is 7.98. The minimum atomic E-state index is -3.73. The molecule has 0 atom stereocenters. The molecule has 2 aromatic carbocycles. The second-order valence-electron chi connectivity index (χ2n) is 6.38. The number of amides is 1. The second-order valence-corrected chi connectivity index (χ2v) is 8.99. The number of benzene rings is 2. The lowest BCUT2D eigenvalue weighted by Gasteiger charge is -2.12. The van der Waals surface area contributed by atoms with Crippen molar-refractivity contribution >= 4 is 33.4 Å². The number of aryl methyl sites for hydroxylation is 1. The molecular weight excluding hydrogens is 408 g/mol. The zero-order chi connectivity index (χ0) is 21.0. The van der Waals surface area contributed by atoms with Crippen LogP contribution in [0, 0.1) is 6.92 Å². The highest BCUT2D eigenvalue weighted by Crippen LogP contribution is 2.28. The molecule has 9 heteroatoms. The van der Waals surface area contributed by atoms with Crippen LogP contribution >= 0.6 is 11.8 Å². The summed E-state index contributed by atoms with van der Waals surface area (Å²) in [5.74, 6) is 0.623. The molecule has 152 valence electrons. The number of imidazole rings is 1. The van der Waals surface area contributed by atoms with Gasteiger partial charge in [0.05, 0.1) is 10.6 Å². The number of sulfonamides is 1. The molecule has 0 aliphatic rings. The molecule has 0 aliphatic carbocycles. The van der Waals surface area contributed by atoms with Crippen LogP contribution < -0.4 is 10.0 Å². The maximum Gasteiger partial charge on any atom is 0.240 e. The Balaban J connectivity index is 1.74. The normalized spacial score (nSPS) is 11.4. The molecule has 0 saturated heterocycles. The summed E-state index contributed by atoms with van der Waals surface area (Å²) in [6.07, 6.45) is 5.47. The highest BCUT2D eigenvalue weighted by atomic mass is 32.2. The molecule has 0 saturated carbocycles. The molecule has 1 amide bonds. The summed E-state index contributed by atoms with van der Waals surface area (Å²) < 4.78 is 30.0. The fourth-order valence-electron chi connectivity index (χ4n) is 2.83. The second kappa shape index (κ2) is 8.81. The third-order valence-corrected chi connectivity index (χ3v) is 6.49. The average molecular weight is 431 g/mol. The van der Waals surface area contributed by atoms with Gasteiger partial charge in [0.25, 0.3) is 0 Å². The van der Waals surface area contributed by atoms with Gasteiger partial charge in [-0.1, -0.05) is 12.1 Å². The summed E-state index contributed by atoms with van der Waals surface area (Å²) in [5, 5.41) is 2.68. The van der Waals surface area contributed by atoms with E-state index in [1.165, 1.54) is 30.8 Å². The lowest BCUT2D eigenvalue weighted by molar-refractivity contribution is -0.114. The quantitative estimate of drug-likeness (QED) is 0.561. The Bertz CT molecular complexity index is 1120. The summed E-state index contributed by atoms with van der Waals surface area (Å²) in [4.78, 5) is 16.5. The molecule has 0 radical (unpaired) electrons. The van der Waals surface area contributed by atoms with Gasteiger partial charge in [-0.2, -0.15) is 0 Å². The van der Waals surface area contributed by atoms with Crippen LogP contribution in [0.3, 0.4) is 0 Å². The van der Waals surface area contributed by atoms with Gasteiger partial charge in [-0.05, 0) is 49.1 Å². The van der Waals surface area contributed by atoms with Gasteiger partial charge in [-0.3, -0.25) is 4.79 Å². The minimum Gasteiger partial charge on any atom is -0.325 e. The van der Waals surface area contributed by atoms with E-state index in [4.69, 9.17) is 0 Å². The van der Waals surface area contributed by atoms with Crippen molar-refractivity contribution in [3.05, 3.63) is 66.2 Å². The standard InChI is InChI=1S/C20H22N4O3S2/c1-14-21-10-11-24(14)17-6-4-16(5-7-17)13-22-29(26,27)18-8-9-20(28-3)19(12-18)23-15(2)25/h4-12,22H,13H2,1-3H3,(H,23,25). The van der Waals surface area contributed by atoms with Gasteiger partial charge in [0.15, 0.2) is 0 Å². The van der Waals surface area contributed by atoms with Crippen LogP contribution in [0.25, 0.3) is 5.69 Å². The van der Waals surface area contributed by atoms with E-state index in [0.717, 1.165) is 22.0 Å². The molecule has 1 aromatic heterocycles. The molecule has 0 spiro atoms. The summed E-state index contributed by atoms with van der Waals surface area (Å²) in [7, 11) is -3.73. The number of rotatable bonds is 7. The van der Waals surface area contributed by atoms with Gasteiger partial charge in [0.2, 0.25) is 15.9 Å². The molecular formula is C20H22N4O3S2. The topological polar surface area (TPSA) is 93.1 Å². The number of anilines is 1. The number of thioether (sulfide) groups is 1. The molecule has 2 N–H and O–H groups in total. The molecule has 7 nitrogen and oxygen atoms in total. The van der Waals surface area contributed by atoms with Gasteiger partial charge in [-0.15, -0.1) is 11.8 Å². The Morgan fingerprint density at radius 2 is 1.90 bits per heavy atom. The van der Waals surface area contributed by atoms with Crippen molar-refractivity contribution in [3.8, 4) is 5.69 Å². The zero-order valence-corrected chi connectivity index (χ0v) is 18.0. The van der Waals surface area contributed by atoms with E-state index in [0.29, 0.717) is 5.69 Å². The van der Waals surface area contributed by atoms with Crippen LogP contribution in [0.15, 0.2) is 64.6 Å². The van der Waals surface area contributed by atoms with Crippen molar-refractivity contribution in [2.75, 3.05) is 11.6 Å². The Labute approximate surface area is 174 Å². The minimum absolute atomic E-state index is 0.102. The van der Waals surface area contributed by atoms with Crippen LogP contribution in [0.1, 0.15) is 18.3 Å². The Hall–Kier alpha value is -2.62. The molecule has 0 unspecified atom stereocenters. The van der Waals surface area contributed by atoms with Crippen LogP contribution in [0.2, 0.25) is 0 Å². The van der Waals surface area contributed by atoms with E-state index >= 15 is 0 Å². The molecule has 29 heavy (non-hydrogen) atoms. The largest absolute Gasteiger partial charge is 0.325 e. The predicted octanol–water partition coefficient (Wildman–Crippen LogP) is 3.34. The molecule has 0 bridgehead atoms. The first-order chi connectivity index (χ1) is 13.8. The first-order valence-electron chi connectivity index (χ1n) is 8.85. The van der Waals surface area contributed by atoms with Crippen molar-refractivity contribution in [2.45, 2.75) is 30.2 Å². The molecule has 3 rings (SSSR count). The maximum atomic E-state index is 12.7. The molecule has 0 fully saturated rings. The third kappa shape index (κ3) is 5.06. The Morgan fingerprint density at radius 1 is 1.17 bits per heavy atom. The van der Waals surface area contributed by atoms with E-state index in [1.807, 2.05) is 48.2 Å². The van der Waals surface area contributed by atoms with Crippen molar-refractivity contribution in [2.24, 2.45) is 0 Å². The van der Waals surface area contributed by atoms with E-state index in [1.54, 1.807) is 12.3 Å². The van der Waals surface area contributed by atoms with Gasteiger partial charge < -0.3 is 9.88 Å². The fraction of sp³-hybridized carbons (Fsp3) is 0.200. The van der Waals surface area contributed by atoms with E-state index in [-0.39, 0.29) is 17.3 Å². The number of carbonyl (C=O) groups is 1. The van der Waals surface area contributed by atoms with Crippen molar-refractivity contribution in [3.63, 3.8) is 0 Å². The van der Waals surface area contributed by atoms with Gasteiger partial charge in [0.1, 0.15) is 5.82 Å². The third-order valence-electron chi connectivity index (χ3n) is 4.30. The van der Waals surface area contributed by atoms with Crippen LogP contribution in [0.4, 0.5) is 5.69 Å². The summed E-state index contributed by atoms with van der Waals surface area (Å²) >= 11 is 1.43.